The molecular weight excluding hydrogens is 298 g/mol. The second-order valence-electron chi connectivity index (χ2n) is 5.28. The summed E-state index contributed by atoms with van der Waals surface area (Å²) in [6.45, 7) is 1.87. The van der Waals surface area contributed by atoms with E-state index in [2.05, 4.69) is 0 Å². The number of benzene rings is 2. The van der Waals surface area contributed by atoms with Crippen molar-refractivity contribution in [2.24, 2.45) is 0 Å². The molecule has 0 aliphatic heterocycles. The topological polar surface area (TPSA) is 46.6 Å². The van der Waals surface area contributed by atoms with E-state index in [0.717, 1.165) is 22.4 Å². The lowest BCUT2D eigenvalue weighted by Gasteiger charge is -2.23. The second-order valence-corrected chi connectivity index (χ2v) is 7.32. The fourth-order valence-electron chi connectivity index (χ4n) is 2.32. The summed E-state index contributed by atoms with van der Waals surface area (Å²) < 4.78 is 30.0. The molecule has 0 amide bonds. The van der Waals surface area contributed by atoms with Gasteiger partial charge in [-0.05, 0) is 24.1 Å². The van der Waals surface area contributed by atoms with Crippen molar-refractivity contribution >= 4 is 10.0 Å². The van der Waals surface area contributed by atoms with Crippen molar-refractivity contribution in [3.63, 3.8) is 0 Å². The Morgan fingerprint density at radius 2 is 1.64 bits per heavy atom. The molecule has 5 heteroatoms. The first-order valence-electron chi connectivity index (χ1n) is 7.01. The van der Waals surface area contributed by atoms with Gasteiger partial charge in [-0.3, -0.25) is 0 Å². The standard InChI is InChI=1S/C17H21NO3S/c1-13(18(2)22(4,19)20)14-9-11-15(12-10-14)16-7-5-6-8-17(16)21-3/h5-13H,1-4H3. The number of hydrogen-bond acceptors (Lipinski definition) is 3. The third-order valence-electron chi connectivity index (χ3n) is 3.88. The molecule has 0 aliphatic rings. The van der Waals surface area contributed by atoms with Crippen LogP contribution in [0.1, 0.15) is 18.5 Å². The van der Waals surface area contributed by atoms with Gasteiger partial charge in [0.05, 0.1) is 13.4 Å². The van der Waals surface area contributed by atoms with Gasteiger partial charge in [-0.1, -0.05) is 42.5 Å². The zero-order valence-corrected chi connectivity index (χ0v) is 14.1. The van der Waals surface area contributed by atoms with Crippen molar-refractivity contribution in [2.75, 3.05) is 20.4 Å². The molecule has 0 bridgehead atoms. The Labute approximate surface area is 132 Å². The molecule has 0 radical (unpaired) electrons. The van der Waals surface area contributed by atoms with Crippen molar-refractivity contribution in [1.82, 2.24) is 4.31 Å². The van der Waals surface area contributed by atoms with Crippen LogP contribution in [0.5, 0.6) is 5.75 Å². The Balaban J connectivity index is 2.31. The number of para-hydroxylation sites is 1. The molecule has 0 saturated heterocycles. The van der Waals surface area contributed by atoms with Crippen molar-refractivity contribution in [1.29, 1.82) is 0 Å². The quantitative estimate of drug-likeness (QED) is 0.849. The van der Waals surface area contributed by atoms with Gasteiger partial charge >= 0.3 is 0 Å². The van der Waals surface area contributed by atoms with Gasteiger partial charge in [0.2, 0.25) is 10.0 Å². The van der Waals surface area contributed by atoms with Crippen LogP contribution < -0.4 is 4.74 Å². The first-order chi connectivity index (χ1) is 10.3. The van der Waals surface area contributed by atoms with E-state index in [9.17, 15) is 8.42 Å². The van der Waals surface area contributed by atoms with Crippen molar-refractivity contribution in [3.8, 4) is 16.9 Å². The monoisotopic (exact) mass is 319 g/mol. The molecular formula is C17H21NO3S. The number of rotatable bonds is 5. The van der Waals surface area contributed by atoms with Gasteiger partial charge < -0.3 is 4.74 Å². The third kappa shape index (κ3) is 3.48. The number of sulfonamides is 1. The number of hydrogen-bond donors (Lipinski definition) is 0. The van der Waals surface area contributed by atoms with Gasteiger partial charge in [0.25, 0.3) is 0 Å². The molecule has 22 heavy (non-hydrogen) atoms. The molecule has 0 fully saturated rings. The largest absolute Gasteiger partial charge is 0.496 e. The van der Waals surface area contributed by atoms with Crippen molar-refractivity contribution in [3.05, 3.63) is 54.1 Å². The summed E-state index contributed by atoms with van der Waals surface area (Å²) in [5.41, 5.74) is 3.00. The maximum atomic E-state index is 11.6. The first-order valence-corrected chi connectivity index (χ1v) is 8.85. The van der Waals surface area contributed by atoms with Crippen LogP contribution in [0.25, 0.3) is 11.1 Å². The summed E-state index contributed by atoms with van der Waals surface area (Å²) in [6.07, 6.45) is 1.21. The summed E-state index contributed by atoms with van der Waals surface area (Å²) in [5, 5.41) is 0. The molecule has 1 unspecified atom stereocenters. The summed E-state index contributed by atoms with van der Waals surface area (Å²) in [7, 11) is 0.0307. The first kappa shape index (κ1) is 16.5. The molecule has 2 aromatic carbocycles. The predicted molar refractivity (Wildman–Crippen MR) is 89.5 cm³/mol. The van der Waals surface area contributed by atoms with Crippen molar-refractivity contribution in [2.45, 2.75) is 13.0 Å². The molecule has 0 heterocycles. The van der Waals surface area contributed by atoms with E-state index in [0.29, 0.717) is 0 Å². The van der Waals surface area contributed by atoms with Crippen molar-refractivity contribution < 1.29 is 13.2 Å². The van der Waals surface area contributed by atoms with Gasteiger partial charge in [0, 0.05) is 18.7 Å². The lowest BCUT2D eigenvalue weighted by atomic mass is 10.0. The van der Waals surface area contributed by atoms with Crippen LogP contribution in [0.15, 0.2) is 48.5 Å². The molecule has 0 aromatic heterocycles. The van der Waals surface area contributed by atoms with Crippen LogP contribution in [-0.4, -0.2) is 33.1 Å². The second kappa shape index (κ2) is 6.50. The number of methoxy groups -OCH3 is 1. The third-order valence-corrected chi connectivity index (χ3v) is 5.24. The maximum Gasteiger partial charge on any atom is 0.211 e. The van der Waals surface area contributed by atoms with Crippen LogP contribution in [0.2, 0.25) is 0 Å². The minimum Gasteiger partial charge on any atom is -0.496 e. The average Bonchev–Trinajstić information content (AvgIpc) is 2.52. The lowest BCUT2D eigenvalue weighted by molar-refractivity contribution is 0.402. The molecule has 2 rings (SSSR count). The van der Waals surface area contributed by atoms with Crippen LogP contribution >= 0.6 is 0 Å². The maximum absolute atomic E-state index is 11.6. The summed E-state index contributed by atoms with van der Waals surface area (Å²) >= 11 is 0. The Morgan fingerprint density at radius 1 is 1.05 bits per heavy atom. The minimum atomic E-state index is -3.21. The van der Waals surface area contributed by atoms with Crippen LogP contribution in [0, 0.1) is 0 Å². The predicted octanol–water partition coefficient (Wildman–Crippen LogP) is 3.31. The highest BCUT2D eigenvalue weighted by atomic mass is 32.2. The Kier molecular flexibility index (Phi) is 4.88. The average molecular weight is 319 g/mol. The minimum absolute atomic E-state index is 0.207. The zero-order valence-electron chi connectivity index (χ0n) is 13.3. The molecule has 0 spiro atoms. The van der Waals surface area contributed by atoms with Gasteiger partial charge in [0.1, 0.15) is 5.75 Å². The van der Waals surface area contributed by atoms with E-state index < -0.39 is 10.0 Å². The van der Waals surface area contributed by atoms with Gasteiger partial charge in [-0.2, -0.15) is 4.31 Å². The Bertz CT molecular complexity index is 739. The van der Waals surface area contributed by atoms with Crippen LogP contribution in [-0.2, 0) is 10.0 Å². The molecule has 0 aliphatic carbocycles. The van der Waals surface area contributed by atoms with Gasteiger partial charge in [-0.25, -0.2) is 8.42 Å². The molecule has 0 saturated carbocycles. The van der Waals surface area contributed by atoms with Gasteiger partial charge in [-0.15, -0.1) is 0 Å². The van der Waals surface area contributed by atoms with E-state index >= 15 is 0 Å². The lowest BCUT2D eigenvalue weighted by Crippen LogP contribution is -2.28. The summed E-state index contributed by atoms with van der Waals surface area (Å²) in [4.78, 5) is 0. The van der Waals surface area contributed by atoms with Gasteiger partial charge in [0.15, 0.2) is 0 Å². The van der Waals surface area contributed by atoms with E-state index in [4.69, 9.17) is 4.74 Å². The fraction of sp³-hybridized carbons (Fsp3) is 0.294. The van der Waals surface area contributed by atoms with E-state index in [-0.39, 0.29) is 6.04 Å². The highest BCUT2D eigenvalue weighted by Gasteiger charge is 2.19. The van der Waals surface area contributed by atoms with E-state index in [1.54, 1.807) is 14.2 Å². The van der Waals surface area contributed by atoms with Crippen LogP contribution in [0.4, 0.5) is 0 Å². The number of ether oxygens (including phenoxy) is 1. The highest BCUT2D eigenvalue weighted by molar-refractivity contribution is 7.88. The van der Waals surface area contributed by atoms with E-state index in [1.165, 1.54) is 10.6 Å². The Hall–Kier alpha value is -1.85. The smallest absolute Gasteiger partial charge is 0.211 e. The number of nitrogens with zero attached hydrogens (tertiary/aromatic N) is 1. The molecule has 118 valence electrons. The normalized spacial score (nSPS) is 13.1. The summed E-state index contributed by atoms with van der Waals surface area (Å²) in [5.74, 6) is 0.816. The van der Waals surface area contributed by atoms with E-state index in [1.807, 2.05) is 55.5 Å². The Morgan fingerprint density at radius 3 is 2.18 bits per heavy atom. The molecule has 0 N–H and O–H groups in total. The molecule has 4 nitrogen and oxygen atoms in total. The SMILES string of the molecule is COc1ccccc1-c1ccc(C(C)N(C)S(C)(=O)=O)cc1. The van der Waals surface area contributed by atoms with Crippen LogP contribution in [0.3, 0.4) is 0 Å². The zero-order chi connectivity index (χ0) is 16.3. The summed E-state index contributed by atoms with van der Waals surface area (Å²) in [6, 6.07) is 15.5. The highest BCUT2D eigenvalue weighted by Crippen LogP contribution is 2.31. The molecule has 1 atom stereocenters. The molecule has 2 aromatic rings. The fourth-order valence-corrected chi connectivity index (χ4v) is 3.02.